The van der Waals surface area contributed by atoms with Crippen molar-refractivity contribution in [1.29, 1.82) is 0 Å². The van der Waals surface area contributed by atoms with Gasteiger partial charge in [0.15, 0.2) is 6.10 Å². The third-order valence-electron chi connectivity index (χ3n) is 10.4. The van der Waals surface area contributed by atoms with Crippen molar-refractivity contribution in [3.05, 3.63) is 85.1 Å². The Bertz CT molecular complexity index is 1200. The van der Waals surface area contributed by atoms with Crippen molar-refractivity contribution < 1.29 is 28.6 Å². The normalized spacial score (nSPS) is 12.8. The molecule has 0 aromatic heterocycles. The Morgan fingerprint density at radius 2 is 0.639 bits per heavy atom. The van der Waals surface area contributed by atoms with Crippen molar-refractivity contribution in [3.63, 3.8) is 0 Å². The van der Waals surface area contributed by atoms with Crippen LogP contribution in [0.3, 0.4) is 0 Å². The third-order valence-corrected chi connectivity index (χ3v) is 10.4. The van der Waals surface area contributed by atoms with E-state index < -0.39 is 6.10 Å². The lowest BCUT2D eigenvalue weighted by Gasteiger charge is -2.18. The number of carbonyl (C=O) groups is 3. The second-order valence-corrected chi connectivity index (χ2v) is 16.4. The van der Waals surface area contributed by atoms with E-state index in [-0.39, 0.29) is 31.1 Å². The summed E-state index contributed by atoms with van der Waals surface area (Å²) in [6, 6.07) is 0. The Morgan fingerprint density at radius 1 is 0.344 bits per heavy atom. The molecule has 1 unspecified atom stereocenters. The van der Waals surface area contributed by atoms with Crippen molar-refractivity contribution in [3.8, 4) is 0 Å². The Kier molecular flexibility index (Phi) is 46.5. The van der Waals surface area contributed by atoms with Crippen LogP contribution in [0.1, 0.15) is 226 Å². The molecule has 0 fully saturated rings. The zero-order chi connectivity index (χ0) is 44.4. The highest BCUT2D eigenvalue weighted by molar-refractivity contribution is 5.71. The zero-order valence-electron chi connectivity index (χ0n) is 39.7. The lowest BCUT2D eigenvalue weighted by atomic mass is 10.1. The summed E-state index contributed by atoms with van der Waals surface area (Å²) in [5, 5.41) is 0. The molecule has 0 N–H and O–H groups in total. The molecule has 0 heterocycles. The lowest BCUT2D eigenvalue weighted by Crippen LogP contribution is -2.30. The molecular formula is C55H92O6. The van der Waals surface area contributed by atoms with Crippen molar-refractivity contribution in [1.82, 2.24) is 0 Å². The first-order valence-electron chi connectivity index (χ1n) is 25.1. The molecule has 0 aliphatic carbocycles. The van der Waals surface area contributed by atoms with Gasteiger partial charge in [0.1, 0.15) is 13.2 Å². The highest BCUT2D eigenvalue weighted by atomic mass is 16.6. The van der Waals surface area contributed by atoms with Crippen LogP contribution in [0, 0.1) is 0 Å². The average Bonchev–Trinajstić information content (AvgIpc) is 3.26. The van der Waals surface area contributed by atoms with Gasteiger partial charge in [-0.1, -0.05) is 215 Å². The van der Waals surface area contributed by atoms with E-state index in [4.69, 9.17) is 14.2 Å². The number of unbranched alkanes of at least 4 members (excludes halogenated alkanes) is 19. The molecule has 0 spiro atoms. The fourth-order valence-electron chi connectivity index (χ4n) is 6.66. The summed E-state index contributed by atoms with van der Waals surface area (Å²) in [5.41, 5.74) is 0. The van der Waals surface area contributed by atoms with Crippen LogP contribution < -0.4 is 0 Å². The van der Waals surface area contributed by atoms with E-state index in [2.05, 4.69) is 106 Å². The van der Waals surface area contributed by atoms with Crippen LogP contribution >= 0.6 is 0 Å². The molecule has 0 aromatic rings. The zero-order valence-corrected chi connectivity index (χ0v) is 39.7. The number of ether oxygens (including phenoxy) is 3. The molecule has 6 heteroatoms. The van der Waals surface area contributed by atoms with Crippen LogP contribution in [0.2, 0.25) is 0 Å². The van der Waals surface area contributed by atoms with Gasteiger partial charge in [-0.2, -0.15) is 0 Å². The second kappa shape index (κ2) is 49.2. The molecule has 0 bridgehead atoms. The van der Waals surface area contributed by atoms with E-state index in [1.165, 1.54) is 57.8 Å². The van der Waals surface area contributed by atoms with Gasteiger partial charge in [-0.15, -0.1) is 0 Å². The van der Waals surface area contributed by atoms with E-state index in [0.717, 1.165) is 128 Å². The van der Waals surface area contributed by atoms with E-state index in [1.807, 2.05) is 0 Å². The monoisotopic (exact) mass is 849 g/mol. The third kappa shape index (κ3) is 47.5. The quantitative estimate of drug-likeness (QED) is 0.0263. The van der Waals surface area contributed by atoms with Gasteiger partial charge < -0.3 is 14.2 Å². The summed E-state index contributed by atoms with van der Waals surface area (Å²) in [5.74, 6) is -0.920. The van der Waals surface area contributed by atoms with Gasteiger partial charge >= 0.3 is 17.9 Å². The molecule has 0 saturated heterocycles. The molecule has 0 amide bonds. The molecule has 348 valence electrons. The minimum Gasteiger partial charge on any atom is -0.462 e. The maximum atomic E-state index is 12.7. The van der Waals surface area contributed by atoms with Gasteiger partial charge in [-0.25, -0.2) is 0 Å². The first-order chi connectivity index (χ1) is 30.0. The summed E-state index contributed by atoms with van der Waals surface area (Å²) < 4.78 is 16.6. The van der Waals surface area contributed by atoms with Crippen molar-refractivity contribution in [2.45, 2.75) is 232 Å². The number of hydrogen-bond acceptors (Lipinski definition) is 6. The number of carbonyl (C=O) groups excluding carboxylic acids is 3. The molecular weight excluding hydrogens is 757 g/mol. The molecule has 0 radical (unpaired) electrons. The largest absolute Gasteiger partial charge is 0.462 e. The number of hydrogen-bond donors (Lipinski definition) is 0. The van der Waals surface area contributed by atoms with Crippen molar-refractivity contribution in [2.75, 3.05) is 13.2 Å². The van der Waals surface area contributed by atoms with Crippen LogP contribution in [-0.4, -0.2) is 37.2 Å². The maximum Gasteiger partial charge on any atom is 0.306 e. The van der Waals surface area contributed by atoms with Crippen LogP contribution in [0.4, 0.5) is 0 Å². The molecule has 61 heavy (non-hydrogen) atoms. The predicted octanol–water partition coefficient (Wildman–Crippen LogP) is 16.4. The summed E-state index contributed by atoms with van der Waals surface area (Å²) >= 11 is 0. The second-order valence-electron chi connectivity index (χ2n) is 16.4. The van der Waals surface area contributed by atoms with E-state index in [1.54, 1.807) is 0 Å². The molecule has 0 aliphatic heterocycles. The van der Waals surface area contributed by atoms with Crippen LogP contribution in [-0.2, 0) is 28.6 Å². The molecule has 0 aromatic carbocycles. The highest BCUT2D eigenvalue weighted by Crippen LogP contribution is 2.14. The predicted molar refractivity (Wildman–Crippen MR) is 261 cm³/mol. The number of allylic oxidation sites excluding steroid dienone is 14. The molecule has 1 atom stereocenters. The van der Waals surface area contributed by atoms with Gasteiger partial charge in [-0.3, -0.25) is 14.4 Å². The first kappa shape index (κ1) is 57.6. The minimum absolute atomic E-state index is 0.0824. The number of esters is 3. The Morgan fingerprint density at radius 3 is 1.00 bits per heavy atom. The van der Waals surface area contributed by atoms with Gasteiger partial charge in [0, 0.05) is 19.3 Å². The van der Waals surface area contributed by atoms with Crippen molar-refractivity contribution in [2.24, 2.45) is 0 Å². The minimum atomic E-state index is -0.777. The van der Waals surface area contributed by atoms with Crippen molar-refractivity contribution >= 4 is 17.9 Å². The Balaban J connectivity index is 4.15. The van der Waals surface area contributed by atoms with E-state index in [0.29, 0.717) is 19.3 Å². The fourth-order valence-corrected chi connectivity index (χ4v) is 6.66. The van der Waals surface area contributed by atoms with Gasteiger partial charge in [0.2, 0.25) is 0 Å². The van der Waals surface area contributed by atoms with Crippen LogP contribution in [0.15, 0.2) is 85.1 Å². The maximum absolute atomic E-state index is 12.7. The standard InChI is InChI=1S/C55H92O6/c1-4-7-10-13-15-17-19-20-21-22-23-24-25-26-27-28-29-30-31-32-33-34-36-37-39-42-45-48-54(57)60-51-52(50-59-53(56)47-44-41-12-9-6-3)61-55(58)49-46-43-40-38-35-18-16-14-11-8-5-2/h7,10,15,17,20-21,23-24,26-27,29-30,32-33,52H,4-6,8-9,11-14,16,18-19,22,25,28,31,34-51H2,1-3H3/b10-7-,17-15-,21-20-,24-23-,27-26-,30-29-,33-32-. The van der Waals surface area contributed by atoms with Gasteiger partial charge in [0.05, 0.1) is 0 Å². The van der Waals surface area contributed by atoms with Crippen LogP contribution in [0.5, 0.6) is 0 Å². The molecule has 0 aliphatic rings. The average molecular weight is 849 g/mol. The topological polar surface area (TPSA) is 78.9 Å². The Labute approximate surface area is 375 Å². The molecule has 0 saturated carbocycles. The summed E-state index contributed by atoms with van der Waals surface area (Å²) in [4.78, 5) is 37.5. The Hall–Kier alpha value is -3.41. The molecule has 6 nitrogen and oxygen atoms in total. The summed E-state index contributed by atoms with van der Waals surface area (Å²) in [6.45, 7) is 6.40. The summed E-state index contributed by atoms with van der Waals surface area (Å²) in [7, 11) is 0. The van der Waals surface area contributed by atoms with Gasteiger partial charge in [0.25, 0.3) is 0 Å². The lowest BCUT2D eigenvalue weighted by molar-refractivity contribution is -0.167. The van der Waals surface area contributed by atoms with E-state index in [9.17, 15) is 14.4 Å². The fraction of sp³-hybridized carbons (Fsp3) is 0.691. The number of rotatable bonds is 44. The highest BCUT2D eigenvalue weighted by Gasteiger charge is 2.19. The smallest absolute Gasteiger partial charge is 0.306 e. The van der Waals surface area contributed by atoms with E-state index >= 15 is 0 Å². The van der Waals surface area contributed by atoms with Gasteiger partial charge in [-0.05, 0) is 77.0 Å². The first-order valence-corrected chi connectivity index (χ1v) is 25.1. The molecule has 0 rings (SSSR count). The summed E-state index contributed by atoms with van der Waals surface area (Å²) in [6.07, 6.45) is 63.2. The SMILES string of the molecule is CC/C=C\C/C=C\C/C=C\C/C=C\C/C=C\C/C=C\C/C=C\CCCCCCCC(=O)OCC(COC(=O)CCCCCCC)OC(=O)CCCCCCCCCCCCC. The van der Waals surface area contributed by atoms with Crippen LogP contribution in [0.25, 0.3) is 0 Å².